The zero-order valence-electron chi connectivity index (χ0n) is 12.4. The fraction of sp³-hybridized carbons (Fsp3) is 0.562. The first kappa shape index (κ1) is 13.9. The Hall–Kier alpha value is -1.51. The number of hydrogen-bond donors (Lipinski definition) is 1. The van der Waals surface area contributed by atoms with Crippen LogP contribution in [0.1, 0.15) is 39.7 Å². The summed E-state index contributed by atoms with van der Waals surface area (Å²) in [4.78, 5) is 12.0. The number of nitrogens with one attached hydrogen (secondary N) is 1. The second-order valence-electron chi connectivity index (χ2n) is 6.47. The molecule has 3 heteroatoms. The fourth-order valence-corrected chi connectivity index (χ4v) is 2.19. The molecule has 1 aromatic rings. The van der Waals surface area contributed by atoms with Gasteiger partial charge < -0.3 is 10.1 Å². The molecule has 1 aliphatic rings. The molecule has 1 aromatic carbocycles. The van der Waals surface area contributed by atoms with E-state index in [1.54, 1.807) is 7.11 Å². The Morgan fingerprint density at radius 1 is 1.37 bits per heavy atom. The first-order valence-electron chi connectivity index (χ1n) is 6.82. The van der Waals surface area contributed by atoms with E-state index in [1.165, 1.54) is 5.56 Å². The summed E-state index contributed by atoms with van der Waals surface area (Å²) in [5, 5.41) is 3.00. The van der Waals surface area contributed by atoms with Crippen LogP contribution in [0.15, 0.2) is 18.2 Å². The number of methoxy groups -OCH3 is 1. The van der Waals surface area contributed by atoms with Gasteiger partial charge in [0.15, 0.2) is 0 Å². The molecule has 0 bridgehead atoms. The normalized spacial score (nSPS) is 21.9. The molecule has 0 saturated heterocycles. The van der Waals surface area contributed by atoms with Crippen LogP contribution in [0.25, 0.3) is 0 Å². The van der Waals surface area contributed by atoms with Crippen molar-refractivity contribution in [1.29, 1.82) is 0 Å². The zero-order chi connectivity index (χ0) is 14.2. The highest BCUT2D eigenvalue weighted by atomic mass is 16.5. The lowest BCUT2D eigenvalue weighted by Gasteiger charge is -2.21. The van der Waals surface area contributed by atoms with Crippen molar-refractivity contribution in [3.8, 4) is 5.75 Å². The van der Waals surface area contributed by atoms with Gasteiger partial charge in [0, 0.05) is 5.92 Å². The van der Waals surface area contributed by atoms with E-state index in [1.807, 2.05) is 18.2 Å². The summed E-state index contributed by atoms with van der Waals surface area (Å²) >= 11 is 0. The van der Waals surface area contributed by atoms with Crippen molar-refractivity contribution in [1.82, 2.24) is 0 Å². The zero-order valence-corrected chi connectivity index (χ0v) is 12.4. The topological polar surface area (TPSA) is 38.3 Å². The highest BCUT2D eigenvalue weighted by molar-refractivity contribution is 5.95. The predicted octanol–water partition coefficient (Wildman–Crippen LogP) is 3.59. The fourth-order valence-electron chi connectivity index (χ4n) is 2.19. The lowest BCUT2D eigenvalue weighted by molar-refractivity contribution is -0.117. The number of anilines is 1. The molecule has 0 aliphatic heterocycles. The first-order valence-corrected chi connectivity index (χ1v) is 6.82. The molecule has 0 spiro atoms. The summed E-state index contributed by atoms with van der Waals surface area (Å²) < 4.78 is 5.33. The van der Waals surface area contributed by atoms with Crippen molar-refractivity contribution in [2.45, 2.75) is 39.5 Å². The largest absolute Gasteiger partial charge is 0.495 e. The van der Waals surface area contributed by atoms with E-state index < -0.39 is 0 Å². The number of carbonyl (C=O) groups excluding carboxylic acids is 1. The smallest absolute Gasteiger partial charge is 0.227 e. The lowest BCUT2D eigenvalue weighted by Crippen LogP contribution is -2.17. The van der Waals surface area contributed by atoms with Crippen molar-refractivity contribution in [2.75, 3.05) is 12.4 Å². The Morgan fingerprint density at radius 2 is 2.00 bits per heavy atom. The van der Waals surface area contributed by atoms with Crippen LogP contribution in [0.2, 0.25) is 0 Å². The van der Waals surface area contributed by atoms with Crippen LogP contribution in [0, 0.1) is 11.8 Å². The maximum absolute atomic E-state index is 12.0. The molecule has 0 aromatic heterocycles. The van der Waals surface area contributed by atoms with Gasteiger partial charge in [-0.25, -0.2) is 0 Å². The van der Waals surface area contributed by atoms with Gasteiger partial charge in [-0.05, 0) is 35.4 Å². The number of ether oxygens (including phenoxy) is 1. The van der Waals surface area contributed by atoms with E-state index in [9.17, 15) is 4.79 Å². The molecule has 104 valence electrons. The quantitative estimate of drug-likeness (QED) is 0.903. The summed E-state index contributed by atoms with van der Waals surface area (Å²) in [5.74, 6) is 1.51. The highest BCUT2D eigenvalue weighted by Gasteiger charge is 2.39. The van der Waals surface area contributed by atoms with E-state index in [0.717, 1.165) is 17.9 Å². The second-order valence-corrected chi connectivity index (χ2v) is 6.47. The van der Waals surface area contributed by atoms with Gasteiger partial charge in [0.2, 0.25) is 5.91 Å². The molecule has 1 saturated carbocycles. The van der Waals surface area contributed by atoms with Gasteiger partial charge in [-0.2, -0.15) is 0 Å². The molecule has 1 N–H and O–H groups in total. The molecule has 0 radical (unpaired) electrons. The minimum absolute atomic E-state index is 0.0542. The van der Waals surface area contributed by atoms with Crippen LogP contribution in [0.5, 0.6) is 5.75 Å². The SMILES string of the molecule is COc1ccc(C(C)(C)C)cc1NC(=O)[C@@H]1C[C@@H]1C. The van der Waals surface area contributed by atoms with Crippen LogP contribution in [0.3, 0.4) is 0 Å². The van der Waals surface area contributed by atoms with Gasteiger partial charge in [0.05, 0.1) is 12.8 Å². The Morgan fingerprint density at radius 3 is 2.47 bits per heavy atom. The summed E-state index contributed by atoms with van der Waals surface area (Å²) in [5.41, 5.74) is 2.02. The summed E-state index contributed by atoms with van der Waals surface area (Å²) in [6.45, 7) is 8.57. The van der Waals surface area contributed by atoms with Crippen molar-refractivity contribution in [2.24, 2.45) is 11.8 Å². The summed E-state index contributed by atoms with van der Waals surface area (Å²) in [6.07, 6.45) is 0.993. The minimum atomic E-state index is 0.0542. The second kappa shape index (κ2) is 4.87. The van der Waals surface area contributed by atoms with Crippen molar-refractivity contribution >= 4 is 11.6 Å². The van der Waals surface area contributed by atoms with E-state index >= 15 is 0 Å². The molecule has 1 aliphatic carbocycles. The van der Waals surface area contributed by atoms with Gasteiger partial charge in [-0.3, -0.25) is 4.79 Å². The molecular formula is C16H23NO2. The number of rotatable bonds is 3. The van der Waals surface area contributed by atoms with Crippen LogP contribution in [0.4, 0.5) is 5.69 Å². The van der Waals surface area contributed by atoms with Crippen LogP contribution >= 0.6 is 0 Å². The van der Waals surface area contributed by atoms with E-state index in [2.05, 4.69) is 33.0 Å². The number of carbonyl (C=O) groups is 1. The third-order valence-corrected chi connectivity index (χ3v) is 3.77. The van der Waals surface area contributed by atoms with Crippen molar-refractivity contribution < 1.29 is 9.53 Å². The number of hydrogen-bond acceptors (Lipinski definition) is 2. The van der Waals surface area contributed by atoms with Gasteiger partial charge >= 0.3 is 0 Å². The third-order valence-electron chi connectivity index (χ3n) is 3.77. The van der Waals surface area contributed by atoms with Gasteiger partial charge in [0.1, 0.15) is 5.75 Å². The average molecular weight is 261 g/mol. The third kappa shape index (κ3) is 3.09. The Bertz CT molecular complexity index is 488. The predicted molar refractivity (Wildman–Crippen MR) is 77.6 cm³/mol. The van der Waals surface area contributed by atoms with Crippen LogP contribution < -0.4 is 10.1 Å². The van der Waals surface area contributed by atoms with E-state index in [-0.39, 0.29) is 17.2 Å². The molecular weight excluding hydrogens is 238 g/mol. The van der Waals surface area contributed by atoms with Crippen molar-refractivity contribution in [3.05, 3.63) is 23.8 Å². The average Bonchev–Trinajstić information content (AvgIpc) is 3.05. The van der Waals surface area contributed by atoms with E-state index in [4.69, 9.17) is 4.74 Å². The molecule has 2 rings (SSSR count). The Balaban J connectivity index is 2.23. The Kier molecular flexibility index (Phi) is 3.57. The van der Waals surface area contributed by atoms with E-state index in [0.29, 0.717) is 5.92 Å². The number of amides is 1. The Labute approximate surface area is 115 Å². The van der Waals surface area contributed by atoms with Crippen LogP contribution in [-0.2, 0) is 10.2 Å². The first-order chi connectivity index (χ1) is 8.82. The molecule has 1 amide bonds. The monoisotopic (exact) mass is 261 g/mol. The highest BCUT2D eigenvalue weighted by Crippen LogP contribution is 2.39. The molecule has 0 heterocycles. The molecule has 0 unspecified atom stereocenters. The molecule has 19 heavy (non-hydrogen) atoms. The van der Waals surface area contributed by atoms with Gasteiger partial charge in [0.25, 0.3) is 0 Å². The molecule has 1 fully saturated rings. The molecule has 3 nitrogen and oxygen atoms in total. The maximum Gasteiger partial charge on any atom is 0.227 e. The summed E-state index contributed by atoms with van der Waals surface area (Å²) in [6, 6.07) is 5.99. The standard InChI is InChI=1S/C16H23NO2/c1-10-8-12(10)15(18)17-13-9-11(16(2,3)4)6-7-14(13)19-5/h6-7,9-10,12H,8H2,1-5H3,(H,17,18)/t10-,12+/m0/s1. The maximum atomic E-state index is 12.0. The van der Waals surface area contributed by atoms with Gasteiger partial charge in [-0.1, -0.05) is 33.8 Å². The van der Waals surface area contributed by atoms with Gasteiger partial charge in [-0.15, -0.1) is 0 Å². The summed E-state index contributed by atoms with van der Waals surface area (Å²) in [7, 11) is 1.63. The lowest BCUT2D eigenvalue weighted by atomic mass is 9.87. The van der Waals surface area contributed by atoms with Crippen molar-refractivity contribution in [3.63, 3.8) is 0 Å². The number of benzene rings is 1. The van der Waals surface area contributed by atoms with Crippen LogP contribution in [-0.4, -0.2) is 13.0 Å². The molecule has 2 atom stereocenters. The minimum Gasteiger partial charge on any atom is -0.495 e.